The zero-order valence-corrected chi connectivity index (χ0v) is 12.6. The lowest BCUT2D eigenvalue weighted by molar-refractivity contribution is 0.0911. The molecule has 0 aliphatic rings. The summed E-state index contributed by atoms with van der Waals surface area (Å²) >= 11 is 0. The summed E-state index contributed by atoms with van der Waals surface area (Å²) in [5, 5.41) is 18.9. The number of hydrogen-bond donors (Lipinski definition) is 3. The van der Waals surface area contributed by atoms with Gasteiger partial charge in [0.1, 0.15) is 11.5 Å². The van der Waals surface area contributed by atoms with Crippen molar-refractivity contribution in [3.63, 3.8) is 0 Å². The molecule has 0 saturated heterocycles. The van der Waals surface area contributed by atoms with Crippen molar-refractivity contribution >= 4 is 5.91 Å². The molecule has 7 heteroatoms. The number of nitrogens with zero attached hydrogens (tertiary/aromatic N) is 2. The molecule has 3 aromatic rings. The fourth-order valence-corrected chi connectivity index (χ4v) is 2.27. The number of carbonyl (C=O) groups is 1. The van der Waals surface area contributed by atoms with Gasteiger partial charge in [0.2, 0.25) is 0 Å². The minimum atomic E-state index is -0.634. The monoisotopic (exact) mass is 326 g/mol. The van der Waals surface area contributed by atoms with E-state index in [2.05, 4.69) is 20.5 Å². The third kappa shape index (κ3) is 3.47. The fraction of sp³-hybridized carbons (Fsp3) is 0.118. The maximum absolute atomic E-state index is 13.0. The van der Waals surface area contributed by atoms with Gasteiger partial charge in [-0.2, -0.15) is 5.10 Å². The van der Waals surface area contributed by atoms with Gasteiger partial charge in [-0.25, -0.2) is 4.39 Å². The summed E-state index contributed by atoms with van der Waals surface area (Å²) < 4.78 is 13.0. The number of benzene rings is 1. The predicted octanol–water partition coefficient (Wildman–Crippen LogP) is 2.07. The zero-order valence-electron chi connectivity index (χ0n) is 12.6. The Kier molecular flexibility index (Phi) is 4.62. The molecule has 1 atom stereocenters. The lowest BCUT2D eigenvalue weighted by Crippen LogP contribution is -2.31. The molecule has 1 unspecified atom stereocenters. The highest BCUT2D eigenvalue weighted by molar-refractivity contribution is 5.93. The molecule has 0 spiro atoms. The molecule has 2 aromatic heterocycles. The van der Waals surface area contributed by atoms with E-state index >= 15 is 0 Å². The molecule has 1 amide bonds. The number of halogens is 1. The summed E-state index contributed by atoms with van der Waals surface area (Å²) in [6, 6.07) is 10.1. The van der Waals surface area contributed by atoms with E-state index in [1.807, 2.05) is 0 Å². The number of pyridine rings is 1. The first kappa shape index (κ1) is 15.8. The largest absolute Gasteiger partial charge is 0.394 e. The molecule has 3 rings (SSSR count). The first-order valence-electron chi connectivity index (χ1n) is 7.30. The van der Waals surface area contributed by atoms with Crippen LogP contribution < -0.4 is 5.32 Å². The van der Waals surface area contributed by atoms with E-state index in [0.717, 1.165) is 5.56 Å². The van der Waals surface area contributed by atoms with Crippen LogP contribution in [0.3, 0.4) is 0 Å². The highest BCUT2D eigenvalue weighted by Crippen LogP contribution is 2.18. The number of aliphatic hydroxyl groups is 1. The first-order chi connectivity index (χ1) is 11.7. The van der Waals surface area contributed by atoms with Gasteiger partial charge in [0, 0.05) is 18.0 Å². The predicted molar refractivity (Wildman–Crippen MR) is 85.5 cm³/mol. The summed E-state index contributed by atoms with van der Waals surface area (Å²) in [7, 11) is 0. The Balaban J connectivity index is 1.74. The number of aromatic nitrogens is 3. The summed E-state index contributed by atoms with van der Waals surface area (Å²) in [4.78, 5) is 16.3. The van der Waals surface area contributed by atoms with E-state index in [1.54, 1.807) is 30.6 Å². The van der Waals surface area contributed by atoms with Crippen LogP contribution in [0.25, 0.3) is 11.3 Å². The summed E-state index contributed by atoms with van der Waals surface area (Å²) in [5.74, 6) is -0.788. The van der Waals surface area contributed by atoms with Crippen LogP contribution in [0.15, 0.2) is 54.9 Å². The Morgan fingerprint density at radius 3 is 2.58 bits per heavy atom. The van der Waals surface area contributed by atoms with E-state index in [4.69, 9.17) is 0 Å². The summed E-state index contributed by atoms with van der Waals surface area (Å²) in [6.45, 7) is -0.303. The summed E-state index contributed by atoms with van der Waals surface area (Å²) in [6.07, 6.45) is 3.28. The van der Waals surface area contributed by atoms with Gasteiger partial charge in [-0.1, -0.05) is 12.1 Å². The summed E-state index contributed by atoms with van der Waals surface area (Å²) in [5.41, 5.74) is 2.32. The SMILES string of the molecule is O=C(NC(CO)c1ccc(F)cc1)c1cc(-c2ccncc2)n[nH]1. The maximum atomic E-state index is 13.0. The minimum Gasteiger partial charge on any atom is -0.394 e. The average Bonchev–Trinajstić information content (AvgIpc) is 3.11. The van der Waals surface area contributed by atoms with Crippen molar-refractivity contribution in [2.75, 3.05) is 6.61 Å². The van der Waals surface area contributed by atoms with Crippen molar-refractivity contribution in [2.45, 2.75) is 6.04 Å². The normalized spacial score (nSPS) is 11.9. The molecule has 24 heavy (non-hydrogen) atoms. The molecule has 0 aliphatic carbocycles. The van der Waals surface area contributed by atoms with Gasteiger partial charge in [-0.15, -0.1) is 0 Å². The number of carbonyl (C=O) groups excluding carboxylic acids is 1. The van der Waals surface area contributed by atoms with E-state index in [-0.39, 0.29) is 18.1 Å². The fourth-order valence-electron chi connectivity index (χ4n) is 2.27. The van der Waals surface area contributed by atoms with Gasteiger partial charge in [-0.05, 0) is 35.9 Å². The number of amides is 1. The Hall–Kier alpha value is -3.06. The van der Waals surface area contributed by atoms with E-state index in [0.29, 0.717) is 11.3 Å². The molecular formula is C17H15FN4O2. The van der Waals surface area contributed by atoms with Crippen molar-refractivity contribution in [3.8, 4) is 11.3 Å². The highest BCUT2D eigenvalue weighted by atomic mass is 19.1. The van der Waals surface area contributed by atoms with Crippen LogP contribution in [0.4, 0.5) is 4.39 Å². The number of rotatable bonds is 5. The Bertz CT molecular complexity index is 818. The van der Waals surface area contributed by atoms with Crippen LogP contribution in [0.1, 0.15) is 22.1 Å². The Labute approximate surface area is 137 Å². The molecule has 0 fully saturated rings. The second-order valence-electron chi connectivity index (χ2n) is 5.16. The van der Waals surface area contributed by atoms with Crippen LogP contribution >= 0.6 is 0 Å². The molecule has 2 heterocycles. The Morgan fingerprint density at radius 2 is 1.92 bits per heavy atom. The third-order valence-corrected chi connectivity index (χ3v) is 3.56. The van der Waals surface area contributed by atoms with Gasteiger partial charge < -0.3 is 10.4 Å². The number of aromatic amines is 1. The average molecular weight is 326 g/mol. The van der Waals surface area contributed by atoms with Gasteiger partial charge >= 0.3 is 0 Å². The molecule has 1 aromatic carbocycles. The first-order valence-corrected chi connectivity index (χ1v) is 7.30. The van der Waals surface area contributed by atoms with Crippen LogP contribution in [0.5, 0.6) is 0 Å². The standard InChI is InChI=1S/C17H15FN4O2/c18-13-3-1-11(2-4-13)16(10-23)20-17(24)15-9-14(21-22-15)12-5-7-19-8-6-12/h1-9,16,23H,10H2,(H,20,24)(H,21,22). The lowest BCUT2D eigenvalue weighted by atomic mass is 10.1. The van der Waals surface area contributed by atoms with Crippen molar-refractivity contribution in [3.05, 3.63) is 71.9 Å². The van der Waals surface area contributed by atoms with Gasteiger partial charge in [0.25, 0.3) is 5.91 Å². The van der Waals surface area contributed by atoms with Crippen molar-refractivity contribution in [2.24, 2.45) is 0 Å². The number of aliphatic hydroxyl groups excluding tert-OH is 1. The number of nitrogens with one attached hydrogen (secondary N) is 2. The van der Waals surface area contributed by atoms with Gasteiger partial charge in [0.05, 0.1) is 18.3 Å². The van der Waals surface area contributed by atoms with Crippen LogP contribution in [-0.4, -0.2) is 32.8 Å². The van der Waals surface area contributed by atoms with Crippen molar-refractivity contribution in [1.82, 2.24) is 20.5 Å². The van der Waals surface area contributed by atoms with Crippen molar-refractivity contribution < 1.29 is 14.3 Å². The quantitative estimate of drug-likeness (QED) is 0.669. The zero-order chi connectivity index (χ0) is 16.9. The van der Waals surface area contributed by atoms with Gasteiger partial charge in [0.15, 0.2) is 0 Å². The molecule has 0 bridgehead atoms. The third-order valence-electron chi connectivity index (χ3n) is 3.56. The highest BCUT2D eigenvalue weighted by Gasteiger charge is 2.17. The Morgan fingerprint density at radius 1 is 1.21 bits per heavy atom. The van der Waals surface area contributed by atoms with Crippen LogP contribution in [-0.2, 0) is 0 Å². The van der Waals surface area contributed by atoms with Crippen LogP contribution in [0.2, 0.25) is 0 Å². The van der Waals surface area contributed by atoms with E-state index in [1.165, 1.54) is 24.3 Å². The molecule has 0 aliphatic heterocycles. The van der Waals surface area contributed by atoms with Gasteiger partial charge in [-0.3, -0.25) is 14.9 Å². The topological polar surface area (TPSA) is 90.9 Å². The molecule has 6 nitrogen and oxygen atoms in total. The van der Waals surface area contributed by atoms with Crippen LogP contribution in [0, 0.1) is 5.82 Å². The number of H-pyrrole nitrogens is 1. The molecule has 0 saturated carbocycles. The van der Waals surface area contributed by atoms with E-state index in [9.17, 15) is 14.3 Å². The molecule has 0 radical (unpaired) electrons. The second kappa shape index (κ2) is 7.01. The van der Waals surface area contributed by atoms with E-state index < -0.39 is 11.9 Å². The smallest absolute Gasteiger partial charge is 0.269 e. The molecule has 3 N–H and O–H groups in total. The minimum absolute atomic E-state index is 0.266. The molecule has 122 valence electrons. The molecular weight excluding hydrogens is 311 g/mol. The second-order valence-corrected chi connectivity index (χ2v) is 5.16. The maximum Gasteiger partial charge on any atom is 0.269 e. The van der Waals surface area contributed by atoms with Crippen molar-refractivity contribution in [1.29, 1.82) is 0 Å². The lowest BCUT2D eigenvalue weighted by Gasteiger charge is -2.16. The number of hydrogen-bond acceptors (Lipinski definition) is 4.